The highest BCUT2D eigenvalue weighted by Gasteiger charge is 2.16. The van der Waals surface area contributed by atoms with E-state index in [1.807, 2.05) is 4.90 Å². The topological polar surface area (TPSA) is 91.4 Å². The summed E-state index contributed by atoms with van der Waals surface area (Å²) in [5, 5.41) is 3.04. The predicted molar refractivity (Wildman–Crippen MR) is 84.0 cm³/mol. The Hall–Kier alpha value is -1.67. The Morgan fingerprint density at radius 3 is 2.59 bits per heavy atom. The van der Waals surface area contributed by atoms with Crippen molar-refractivity contribution < 1.29 is 13.2 Å². The summed E-state index contributed by atoms with van der Waals surface area (Å²) < 4.78 is 25.4. The van der Waals surface area contributed by atoms with E-state index in [4.69, 9.17) is 0 Å². The van der Waals surface area contributed by atoms with Crippen molar-refractivity contribution in [3.05, 3.63) is 18.3 Å². The van der Waals surface area contributed by atoms with Gasteiger partial charge in [-0.05, 0) is 38.4 Å². The molecule has 7 nitrogen and oxygen atoms in total. The van der Waals surface area contributed by atoms with Crippen LogP contribution in [0.2, 0.25) is 0 Å². The molecular weight excluding hydrogens is 304 g/mol. The Labute approximate surface area is 131 Å². The van der Waals surface area contributed by atoms with E-state index < -0.39 is 10.0 Å². The van der Waals surface area contributed by atoms with E-state index in [-0.39, 0.29) is 10.8 Å². The summed E-state index contributed by atoms with van der Waals surface area (Å²) in [5.41, 5.74) is 0. The molecule has 1 aromatic heterocycles. The fraction of sp³-hybridized carbons (Fsp3) is 0.571. The standard InChI is InChI=1S/C14H22N4O3S/c1-15-22(20,21)12-5-6-13(17-11-12)16-8-7-14(19)18-9-3-2-4-10-18/h5-6,11,15H,2-4,7-10H2,1H3,(H,16,17). The SMILES string of the molecule is CNS(=O)(=O)c1ccc(NCCC(=O)N2CCCCC2)nc1. The third kappa shape index (κ3) is 4.41. The summed E-state index contributed by atoms with van der Waals surface area (Å²) in [5.74, 6) is 0.711. The number of aromatic nitrogens is 1. The first-order chi connectivity index (χ1) is 10.5. The van der Waals surface area contributed by atoms with Gasteiger partial charge in [-0.25, -0.2) is 18.1 Å². The lowest BCUT2D eigenvalue weighted by atomic mass is 10.1. The fourth-order valence-corrected chi connectivity index (χ4v) is 3.03. The van der Waals surface area contributed by atoms with Crippen molar-refractivity contribution in [2.75, 3.05) is 32.0 Å². The molecule has 1 saturated heterocycles. The molecule has 0 aliphatic carbocycles. The number of amides is 1. The van der Waals surface area contributed by atoms with Crippen molar-refractivity contribution in [1.29, 1.82) is 0 Å². The molecule has 1 aliphatic heterocycles. The van der Waals surface area contributed by atoms with Crippen LogP contribution in [0.5, 0.6) is 0 Å². The molecule has 0 saturated carbocycles. The average molecular weight is 326 g/mol. The number of pyridine rings is 1. The predicted octanol–water partition coefficient (Wildman–Crippen LogP) is 0.804. The van der Waals surface area contributed by atoms with Gasteiger partial charge >= 0.3 is 0 Å². The largest absolute Gasteiger partial charge is 0.370 e. The summed E-state index contributed by atoms with van der Waals surface area (Å²) in [6.45, 7) is 2.20. The lowest BCUT2D eigenvalue weighted by molar-refractivity contribution is -0.131. The van der Waals surface area contributed by atoms with Gasteiger partial charge in [0.15, 0.2) is 0 Å². The molecule has 1 aromatic rings. The van der Waals surface area contributed by atoms with E-state index in [0.717, 1.165) is 25.9 Å². The van der Waals surface area contributed by atoms with E-state index in [1.54, 1.807) is 6.07 Å². The lowest BCUT2D eigenvalue weighted by Gasteiger charge is -2.26. The molecule has 122 valence electrons. The van der Waals surface area contributed by atoms with Gasteiger partial charge in [0.2, 0.25) is 15.9 Å². The Morgan fingerprint density at radius 1 is 1.27 bits per heavy atom. The first kappa shape index (κ1) is 16.7. The zero-order chi connectivity index (χ0) is 16.0. The van der Waals surface area contributed by atoms with E-state index in [1.165, 1.54) is 25.7 Å². The van der Waals surface area contributed by atoms with Crippen LogP contribution in [0.15, 0.2) is 23.2 Å². The first-order valence-electron chi connectivity index (χ1n) is 7.44. The van der Waals surface area contributed by atoms with Crippen LogP contribution in [-0.2, 0) is 14.8 Å². The van der Waals surface area contributed by atoms with E-state index in [9.17, 15) is 13.2 Å². The number of nitrogens with one attached hydrogen (secondary N) is 2. The van der Waals surface area contributed by atoms with Gasteiger partial charge in [0.25, 0.3) is 0 Å². The fourth-order valence-electron chi connectivity index (χ4n) is 2.36. The smallest absolute Gasteiger partial charge is 0.241 e. The number of rotatable bonds is 6. The van der Waals surface area contributed by atoms with Crippen molar-refractivity contribution in [1.82, 2.24) is 14.6 Å². The van der Waals surface area contributed by atoms with Crippen molar-refractivity contribution >= 4 is 21.7 Å². The zero-order valence-electron chi connectivity index (χ0n) is 12.7. The number of hydrogen-bond acceptors (Lipinski definition) is 5. The third-order valence-electron chi connectivity index (χ3n) is 3.67. The van der Waals surface area contributed by atoms with Gasteiger partial charge in [-0.2, -0.15) is 0 Å². The molecule has 2 rings (SSSR count). The second-order valence-corrected chi connectivity index (χ2v) is 7.09. The van der Waals surface area contributed by atoms with Gasteiger partial charge in [-0.15, -0.1) is 0 Å². The third-order valence-corrected chi connectivity index (χ3v) is 5.07. The van der Waals surface area contributed by atoms with Gasteiger partial charge in [-0.1, -0.05) is 0 Å². The average Bonchev–Trinajstić information content (AvgIpc) is 2.56. The van der Waals surface area contributed by atoms with Crippen LogP contribution in [0.3, 0.4) is 0 Å². The number of anilines is 1. The molecule has 8 heteroatoms. The number of piperidine rings is 1. The summed E-state index contributed by atoms with van der Waals surface area (Å²) >= 11 is 0. The lowest BCUT2D eigenvalue weighted by Crippen LogP contribution is -2.36. The van der Waals surface area contributed by atoms with Crippen LogP contribution in [0, 0.1) is 0 Å². The highest BCUT2D eigenvalue weighted by molar-refractivity contribution is 7.89. The van der Waals surface area contributed by atoms with Gasteiger partial charge in [0, 0.05) is 32.3 Å². The van der Waals surface area contributed by atoms with Crippen LogP contribution in [0.4, 0.5) is 5.82 Å². The van der Waals surface area contributed by atoms with Gasteiger partial charge in [0.05, 0.1) is 0 Å². The maximum atomic E-state index is 12.0. The maximum Gasteiger partial charge on any atom is 0.241 e. The molecule has 22 heavy (non-hydrogen) atoms. The molecule has 0 aromatic carbocycles. The number of carbonyl (C=O) groups excluding carboxylic acids is 1. The second kappa shape index (κ2) is 7.55. The Bertz CT molecular complexity index is 595. The molecule has 1 amide bonds. The molecule has 0 spiro atoms. The second-order valence-electron chi connectivity index (χ2n) is 5.20. The highest BCUT2D eigenvalue weighted by atomic mass is 32.2. The molecule has 2 N–H and O–H groups in total. The zero-order valence-corrected chi connectivity index (χ0v) is 13.5. The monoisotopic (exact) mass is 326 g/mol. The number of carbonyl (C=O) groups is 1. The minimum Gasteiger partial charge on any atom is -0.370 e. The quantitative estimate of drug-likeness (QED) is 0.807. The summed E-state index contributed by atoms with van der Waals surface area (Å²) in [7, 11) is -2.11. The van der Waals surface area contributed by atoms with Crippen LogP contribution in [0.1, 0.15) is 25.7 Å². The van der Waals surface area contributed by atoms with E-state index in [2.05, 4.69) is 15.0 Å². The first-order valence-corrected chi connectivity index (χ1v) is 8.92. The Balaban J connectivity index is 1.81. The van der Waals surface area contributed by atoms with Crippen molar-refractivity contribution in [3.8, 4) is 0 Å². The minimum atomic E-state index is -3.46. The normalized spacial score (nSPS) is 15.6. The summed E-state index contributed by atoms with van der Waals surface area (Å²) in [6, 6.07) is 3.07. The van der Waals surface area contributed by atoms with Crippen molar-refractivity contribution in [2.24, 2.45) is 0 Å². The minimum absolute atomic E-state index is 0.116. The van der Waals surface area contributed by atoms with Gasteiger partial charge in [0.1, 0.15) is 10.7 Å². The molecule has 2 heterocycles. The molecule has 0 bridgehead atoms. The Kier molecular flexibility index (Phi) is 5.73. The molecule has 1 aliphatic rings. The van der Waals surface area contributed by atoms with Crippen LogP contribution < -0.4 is 10.0 Å². The molecular formula is C14H22N4O3S. The molecule has 0 atom stereocenters. The van der Waals surface area contributed by atoms with E-state index >= 15 is 0 Å². The molecule has 0 radical (unpaired) electrons. The number of hydrogen-bond donors (Lipinski definition) is 2. The highest BCUT2D eigenvalue weighted by Crippen LogP contribution is 2.12. The van der Waals surface area contributed by atoms with Gasteiger partial charge < -0.3 is 10.2 Å². The van der Waals surface area contributed by atoms with Crippen LogP contribution in [0.25, 0.3) is 0 Å². The summed E-state index contributed by atoms with van der Waals surface area (Å²) in [4.78, 5) is 18.1. The number of likely N-dealkylation sites (tertiary alicyclic amines) is 1. The number of nitrogens with zero attached hydrogens (tertiary/aromatic N) is 2. The van der Waals surface area contributed by atoms with Gasteiger partial charge in [-0.3, -0.25) is 4.79 Å². The maximum absolute atomic E-state index is 12.0. The van der Waals surface area contributed by atoms with Crippen LogP contribution >= 0.6 is 0 Å². The van der Waals surface area contributed by atoms with Crippen molar-refractivity contribution in [2.45, 2.75) is 30.6 Å². The number of sulfonamides is 1. The molecule has 0 unspecified atom stereocenters. The Morgan fingerprint density at radius 2 is 2.00 bits per heavy atom. The molecule has 1 fully saturated rings. The summed E-state index contributed by atoms with van der Waals surface area (Å²) in [6.07, 6.45) is 5.08. The van der Waals surface area contributed by atoms with Crippen molar-refractivity contribution in [3.63, 3.8) is 0 Å². The van der Waals surface area contributed by atoms with Crippen LogP contribution in [-0.4, -0.2) is 50.9 Å². The van der Waals surface area contributed by atoms with E-state index in [0.29, 0.717) is 18.8 Å².